The average molecular weight is 386 g/mol. The van der Waals surface area contributed by atoms with E-state index in [1.807, 2.05) is 42.5 Å². The van der Waals surface area contributed by atoms with Gasteiger partial charge in [0.25, 0.3) is 0 Å². The standard InChI is InChI=1S/C15H12.C14H10O/c1-11-14-8-4-2-6-12(14)10-13-7-3-5-9-15(11)13;15-14-9-10-5-1-2-6-11(10)12-7-3-4-8-13(12)14/h2-9H,1,10H2;1-8H,9H2. The Balaban J connectivity index is 0.000000128. The summed E-state index contributed by atoms with van der Waals surface area (Å²) in [6.07, 6.45) is 1.57. The molecule has 0 spiro atoms. The second kappa shape index (κ2) is 7.61. The Morgan fingerprint density at radius 3 is 1.43 bits per heavy atom. The third-order valence-corrected chi connectivity index (χ3v) is 5.95. The summed E-state index contributed by atoms with van der Waals surface area (Å²) in [6, 6.07) is 33.0. The molecule has 6 rings (SSSR count). The molecule has 4 aromatic rings. The van der Waals surface area contributed by atoms with Crippen molar-refractivity contribution >= 4 is 11.4 Å². The van der Waals surface area contributed by atoms with Crippen LogP contribution in [0.3, 0.4) is 0 Å². The maximum atomic E-state index is 11.8. The summed E-state index contributed by atoms with van der Waals surface area (Å²) in [5, 5.41) is 0. The van der Waals surface area contributed by atoms with Gasteiger partial charge in [-0.2, -0.15) is 0 Å². The maximum Gasteiger partial charge on any atom is 0.167 e. The van der Waals surface area contributed by atoms with Crippen LogP contribution in [-0.2, 0) is 12.8 Å². The molecule has 1 nitrogen and oxygen atoms in total. The van der Waals surface area contributed by atoms with Gasteiger partial charge in [-0.15, -0.1) is 0 Å². The number of carbonyl (C=O) groups excluding carboxylic acids is 1. The predicted molar refractivity (Wildman–Crippen MR) is 124 cm³/mol. The number of hydrogen-bond acceptors (Lipinski definition) is 1. The van der Waals surface area contributed by atoms with Gasteiger partial charge in [0.05, 0.1) is 0 Å². The minimum atomic E-state index is 0.226. The van der Waals surface area contributed by atoms with E-state index in [1.165, 1.54) is 27.8 Å². The van der Waals surface area contributed by atoms with Crippen LogP contribution >= 0.6 is 0 Å². The molecule has 2 aliphatic rings. The number of carbonyl (C=O) groups is 1. The molecule has 2 aliphatic carbocycles. The van der Waals surface area contributed by atoms with Gasteiger partial charge in [-0.25, -0.2) is 0 Å². The highest BCUT2D eigenvalue weighted by Crippen LogP contribution is 2.34. The number of hydrogen-bond donors (Lipinski definition) is 0. The summed E-state index contributed by atoms with van der Waals surface area (Å²) in [6.45, 7) is 4.20. The van der Waals surface area contributed by atoms with Gasteiger partial charge < -0.3 is 0 Å². The van der Waals surface area contributed by atoms with Crippen molar-refractivity contribution in [2.75, 3.05) is 0 Å². The van der Waals surface area contributed by atoms with Gasteiger partial charge in [-0.3, -0.25) is 4.79 Å². The zero-order valence-corrected chi connectivity index (χ0v) is 16.8. The third-order valence-electron chi connectivity index (χ3n) is 5.95. The summed E-state index contributed by atoms with van der Waals surface area (Å²) in [5.74, 6) is 0.226. The first-order valence-corrected chi connectivity index (χ1v) is 10.3. The monoisotopic (exact) mass is 386 g/mol. The molecule has 144 valence electrons. The van der Waals surface area contributed by atoms with Crippen molar-refractivity contribution in [3.8, 4) is 11.1 Å². The Morgan fingerprint density at radius 2 is 0.867 bits per heavy atom. The van der Waals surface area contributed by atoms with Crippen LogP contribution in [0.1, 0.15) is 38.2 Å². The number of Topliss-reactive ketones (excluding diaryl/α,β-unsaturated/α-hetero) is 1. The van der Waals surface area contributed by atoms with E-state index in [0.29, 0.717) is 6.42 Å². The first-order chi connectivity index (χ1) is 14.7. The van der Waals surface area contributed by atoms with E-state index in [2.05, 4.69) is 61.2 Å². The molecule has 0 heterocycles. The van der Waals surface area contributed by atoms with E-state index < -0.39 is 0 Å². The summed E-state index contributed by atoms with van der Waals surface area (Å²) in [4.78, 5) is 11.8. The molecule has 0 N–H and O–H groups in total. The molecular weight excluding hydrogens is 364 g/mol. The highest BCUT2D eigenvalue weighted by Gasteiger charge is 2.21. The van der Waals surface area contributed by atoms with Gasteiger partial charge >= 0.3 is 0 Å². The molecule has 0 unspecified atom stereocenters. The van der Waals surface area contributed by atoms with E-state index in [0.717, 1.165) is 28.7 Å². The second-order valence-electron chi connectivity index (χ2n) is 7.77. The minimum Gasteiger partial charge on any atom is -0.294 e. The Labute approximate surface area is 177 Å². The lowest BCUT2D eigenvalue weighted by Crippen LogP contribution is -2.11. The molecule has 0 amide bonds. The first kappa shape index (κ1) is 18.3. The lowest BCUT2D eigenvalue weighted by Gasteiger charge is -2.21. The van der Waals surface area contributed by atoms with Crippen LogP contribution in [0.2, 0.25) is 0 Å². The van der Waals surface area contributed by atoms with E-state index in [-0.39, 0.29) is 5.78 Å². The molecule has 0 saturated carbocycles. The molecule has 1 heteroatoms. The number of rotatable bonds is 0. The maximum absolute atomic E-state index is 11.8. The Morgan fingerprint density at radius 1 is 0.467 bits per heavy atom. The van der Waals surface area contributed by atoms with Gasteiger partial charge in [-0.1, -0.05) is 104 Å². The largest absolute Gasteiger partial charge is 0.294 e. The van der Waals surface area contributed by atoms with Crippen LogP contribution < -0.4 is 0 Å². The van der Waals surface area contributed by atoms with Crippen LogP contribution in [-0.4, -0.2) is 5.78 Å². The zero-order chi connectivity index (χ0) is 20.5. The molecule has 0 fully saturated rings. The summed E-state index contributed by atoms with van der Waals surface area (Å²) >= 11 is 0. The van der Waals surface area contributed by atoms with Crippen molar-refractivity contribution in [1.29, 1.82) is 0 Å². The van der Waals surface area contributed by atoms with Crippen molar-refractivity contribution in [2.24, 2.45) is 0 Å². The lowest BCUT2D eigenvalue weighted by molar-refractivity contribution is 0.0992. The summed E-state index contributed by atoms with van der Waals surface area (Å²) in [5.41, 5.74) is 10.8. The van der Waals surface area contributed by atoms with Crippen molar-refractivity contribution in [3.63, 3.8) is 0 Å². The molecule has 0 bridgehead atoms. The van der Waals surface area contributed by atoms with E-state index in [9.17, 15) is 4.79 Å². The van der Waals surface area contributed by atoms with Crippen LogP contribution in [0.4, 0.5) is 0 Å². The van der Waals surface area contributed by atoms with Crippen molar-refractivity contribution < 1.29 is 4.79 Å². The molecule has 0 atom stereocenters. The molecule has 0 saturated heterocycles. The van der Waals surface area contributed by atoms with Gasteiger partial charge in [0.15, 0.2) is 5.78 Å². The molecule has 4 aromatic carbocycles. The van der Waals surface area contributed by atoms with Crippen LogP contribution in [0.5, 0.6) is 0 Å². The molecule has 0 radical (unpaired) electrons. The molecule has 30 heavy (non-hydrogen) atoms. The number of ketones is 1. The SMILES string of the molecule is C=C1c2ccccc2Cc2ccccc21.O=C1Cc2ccccc2-c2ccccc21. The minimum absolute atomic E-state index is 0.226. The Kier molecular flexibility index (Phi) is 4.65. The van der Waals surface area contributed by atoms with Crippen molar-refractivity contribution in [3.05, 3.63) is 137 Å². The molecule has 0 aliphatic heterocycles. The predicted octanol–water partition coefficient (Wildman–Crippen LogP) is 6.74. The molecular formula is C29H22O. The van der Waals surface area contributed by atoms with E-state index >= 15 is 0 Å². The van der Waals surface area contributed by atoms with Gasteiger partial charge in [0.1, 0.15) is 0 Å². The summed E-state index contributed by atoms with van der Waals surface area (Å²) < 4.78 is 0. The normalized spacial score (nSPS) is 13.2. The van der Waals surface area contributed by atoms with Crippen molar-refractivity contribution in [2.45, 2.75) is 12.8 Å². The number of benzene rings is 4. The van der Waals surface area contributed by atoms with Crippen LogP contribution in [0, 0.1) is 0 Å². The first-order valence-electron chi connectivity index (χ1n) is 10.3. The smallest absolute Gasteiger partial charge is 0.167 e. The quantitative estimate of drug-likeness (QED) is 0.288. The summed E-state index contributed by atoms with van der Waals surface area (Å²) in [7, 11) is 0. The molecule has 0 aromatic heterocycles. The fourth-order valence-electron chi connectivity index (χ4n) is 4.45. The topological polar surface area (TPSA) is 17.1 Å². The zero-order valence-electron chi connectivity index (χ0n) is 16.8. The number of fused-ring (bicyclic) bond motifs is 5. The van der Waals surface area contributed by atoms with Crippen molar-refractivity contribution in [1.82, 2.24) is 0 Å². The van der Waals surface area contributed by atoms with Crippen LogP contribution in [0.25, 0.3) is 16.7 Å². The van der Waals surface area contributed by atoms with Crippen LogP contribution in [0.15, 0.2) is 104 Å². The van der Waals surface area contributed by atoms with E-state index in [1.54, 1.807) is 0 Å². The fourth-order valence-corrected chi connectivity index (χ4v) is 4.45. The van der Waals surface area contributed by atoms with Gasteiger partial charge in [0.2, 0.25) is 0 Å². The lowest BCUT2D eigenvalue weighted by atomic mass is 9.83. The van der Waals surface area contributed by atoms with Gasteiger partial charge in [0, 0.05) is 12.0 Å². The highest BCUT2D eigenvalue weighted by atomic mass is 16.1. The Bertz CT molecular complexity index is 1230. The Hall–Kier alpha value is -3.71. The third kappa shape index (κ3) is 3.19. The average Bonchev–Trinajstić information content (AvgIpc) is 2.80. The van der Waals surface area contributed by atoms with Gasteiger partial charge in [-0.05, 0) is 50.9 Å². The fraction of sp³-hybridized carbons (Fsp3) is 0.0690. The van der Waals surface area contributed by atoms with E-state index in [4.69, 9.17) is 0 Å². The highest BCUT2D eigenvalue weighted by molar-refractivity contribution is 6.07. The second-order valence-corrected chi connectivity index (χ2v) is 7.77.